The Morgan fingerprint density at radius 3 is 2.54 bits per heavy atom. The van der Waals surface area contributed by atoms with Crippen LogP contribution in [0.1, 0.15) is 43.7 Å². The van der Waals surface area contributed by atoms with E-state index in [1.807, 2.05) is 19.9 Å². The molecule has 0 amide bonds. The number of benzene rings is 1. The summed E-state index contributed by atoms with van der Waals surface area (Å²) in [5.41, 5.74) is 2.45. The molecule has 0 unspecified atom stereocenters. The maximum Gasteiger partial charge on any atom is 0.123 e. The molecule has 0 atom stereocenters. The Morgan fingerprint density at radius 1 is 1.31 bits per heavy atom. The maximum atomic E-state index is 13.0. The Bertz CT molecular complexity index is 311. The van der Waals surface area contributed by atoms with Gasteiger partial charge in [0.1, 0.15) is 5.82 Å². The second-order valence-corrected chi connectivity index (χ2v) is 4.01. The van der Waals surface area contributed by atoms with Crippen molar-refractivity contribution in [2.24, 2.45) is 0 Å². The van der Waals surface area contributed by atoms with Gasteiger partial charge in [0.05, 0.1) is 0 Å². The fraction of sp³-hybridized carbons (Fsp3) is 0.417. The normalized spacial score (nSPS) is 16.6. The van der Waals surface area contributed by atoms with Crippen LogP contribution in [-0.2, 0) is 0 Å². The Hall–Kier alpha value is -0.850. The minimum Gasteiger partial charge on any atom is -0.207 e. The average Bonchev–Trinajstić information content (AvgIpc) is 2.87. The Balaban J connectivity index is 2.41. The molecule has 0 bridgehead atoms. The van der Waals surface area contributed by atoms with Crippen LogP contribution < -0.4 is 0 Å². The van der Waals surface area contributed by atoms with Crippen molar-refractivity contribution in [1.82, 2.24) is 0 Å². The second-order valence-electron chi connectivity index (χ2n) is 4.01. The van der Waals surface area contributed by atoms with Crippen LogP contribution >= 0.6 is 0 Å². The van der Waals surface area contributed by atoms with Crippen molar-refractivity contribution in [3.63, 3.8) is 0 Å². The summed E-state index contributed by atoms with van der Waals surface area (Å²) < 4.78 is 13.0. The summed E-state index contributed by atoms with van der Waals surface area (Å²) in [5, 5.41) is 0. The Kier molecular flexibility index (Phi) is 2.10. The van der Waals surface area contributed by atoms with Crippen LogP contribution in [0, 0.1) is 11.7 Å². The SMILES string of the molecule is C[C](C)c1cc(F)ccc1C1CC1. The van der Waals surface area contributed by atoms with Gasteiger partial charge in [-0.1, -0.05) is 19.9 Å². The minimum absolute atomic E-state index is 0.124. The van der Waals surface area contributed by atoms with Gasteiger partial charge in [-0.2, -0.15) is 0 Å². The molecular weight excluding hydrogens is 163 g/mol. The predicted molar refractivity (Wildman–Crippen MR) is 52.1 cm³/mol. The first-order valence-electron chi connectivity index (χ1n) is 4.78. The van der Waals surface area contributed by atoms with Gasteiger partial charge < -0.3 is 0 Å². The van der Waals surface area contributed by atoms with Gasteiger partial charge in [0.25, 0.3) is 0 Å². The molecule has 2 rings (SSSR count). The highest BCUT2D eigenvalue weighted by Gasteiger charge is 2.26. The van der Waals surface area contributed by atoms with Gasteiger partial charge in [0.15, 0.2) is 0 Å². The van der Waals surface area contributed by atoms with Crippen molar-refractivity contribution >= 4 is 0 Å². The molecular formula is C12H14F. The summed E-state index contributed by atoms with van der Waals surface area (Å²) in [6.45, 7) is 4.08. The summed E-state index contributed by atoms with van der Waals surface area (Å²) >= 11 is 0. The van der Waals surface area contributed by atoms with Gasteiger partial charge in [-0.25, -0.2) is 4.39 Å². The van der Waals surface area contributed by atoms with Crippen molar-refractivity contribution in [2.75, 3.05) is 0 Å². The molecule has 0 aliphatic heterocycles. The standard InChI is InChI=1S/C12H14F/c1-8(2)12-7-10(13)5-6-11(12)9-3-4-9/h5-7,9H,3-4H2,1-2H3. The zero-order chi connectivity index (χ0) is 9.42. The third-order valence-electron chi connectivity index (χ3n) is 2.57. The smallest absolute Gasteiger partial charge is 0.123 e. The molecule has 0 aromatic heterocycles. The zero-order valence-electron chi connectivity index (χ0n) is 8.10. The minimum atomic E-state index is -0.124. The molecule has 0 spiro atoms. The highest BCUT2D eigenvalue weighted by atomic mass is 19.1. The lowest BCUT2D eigenvalue weighted by atomic mass is 9.94. The van der Waals surface area contributed by atoms with Crippen LogP contribution in [0.25, 0.3) is 0 Å². The summed E-state index contributed by atoms with van der Waals surface area (Å²) in [6, 6.07) is 5.17. The molecule has 1 heteroatoms. The van der Waals surface area contributed by atoms with Crippen LogP contribution in [0.2, 0.25) is 0 Å². The Labute approximate surface area is 78.8 Å². The van der Waals surface area contributed by atoms with Gasteiger partial charge in [-0.05, 0) is 47.9 Å². The molecule has 1 saturated carbocycles. The molecule has 13 heavy (non-hydrogen) atoms. The van der Waals surface area contributed by atoms with E-state index in [0.29, 0.717) is 5.92 Å². The number of rotatable bonds is 2. The predicted octanol–water partition coefficient (Wildman–Crippen LogP) is 3.67. The highest BCUT2D eigenvalue weighted by molar-refractivity contribution is 5.41. The largest absolute Gasteiger partial charge is 0.207 e. The molecule has 1 fully saturated rings. The van der Waals surface area contributed by atoms with E-state index in [-0.39, 0.29) is 5.82 Å². The van der Waals surface area contributed by atoms with Crippen molar-refractivity contribution in [1.29, 1.82) is 0 Å². The second kappa shape index (κ2) is 3.13. The third kappa shape index (κ3) is 1.74. The van der Waals surface area contributed by atoms with Crippen molar-refractivity contribution in [2.45, 2.75) is 32.6 Å². The van der Waals surface area contributed by atoms with Crippen LogP contribution in [0.4, 0.5) is 4.39 Å². The van der Waals surface area contributed by atoms with E-state index in [1.54, 1.807) is 12.1 Å². The van der Waals surface area contributed by atoms with Gasteiger partial charge in [-0.15, -0.1) is 0 Å². The van der Waals surface area contributed by atoms with Gasteiger partial charge in [-0.3, -0.25) is 0 Å². The Morgan fingerprint density at radius 2 is 2.00 bits per heavy atom. The first-order valence-corrected chi connectivity index (χ1v) is 4.78. The molecule has 1 aromatic carbocycles. The van der Waals surface area contributed by atoms with E-state index in [4.69, 9.17) is 0 Å². The van der Waals surface area contributed by atoms with Gasteiger partial charge in [0.2, 0.25) is 0 Å². The van der Waals surface area contributed by atoms with Crippen LogP contribution in [0.15, 0.2) is 18.2 Å². The third-order valence-corrected chi connectivity index (χ3v) is 2.57. The first kappa shape index (κ1) is 8.74. The van der Waals surface area contributed by atoms with Crippen LogP contribution in [0.3, 0.4) is 0 Å². The number of halogens is 1. The molecule has 69 valence electrons. The topological polar surface area (TPSA) is 0 Å². The van der Waals surface area contributed by atoms with E-state index in [2.05, 4.69) is 0 Å². The number of hydrogen-bond acceptors (Lipinski definition) is 0. The summed E-state index contributed by atoms with van der Waals surface area (Å²) in [5.74, 6) is 1.78. The van der Waals surface area contributed by atoms with Gasteiger partial charge in [0, 0.05) is 0 Å². The zero-order valence-corrected chi connectivity index (χ0v) is 8.10. The molecule has 1 aromatic rings. The molecule has 1 aliphatic carbocycles. The monoisotopic (exact) mass is 177 g/mol. The van der Waals surface area contributed by atoms with E-state index >= 15 is 0 Å². The van der Waals surface area contributed by atoms with E-state index in [0.717, 1.165) is 5.56 Å². The van der Waals surface area contributed by atoms with E-state index in [9.17, 15) is 4.39 Å². The quantitative estimate of drug-likeness (QED) is 0.646. The van der Waals surface area contributed by atoms with Crippen molar-refractivity contribution in [3.8, 4) is 0 Å². The van der Waals surface area contributed by atoms with Crippen molar-refractivity contribution < 1.29 is 4.39 Å². The maximum absolute atomic E-state index is 13.0. The van der Waals surface area contributed by atoms with Crippen LogP contribution in [0.5, 0.6) is 0 Å². The van der Waals surface area contributed by atoms with E-state index < -0.39 is 0 Å². The fourth-order valence-electron chi connectivity index (χ4n) is 1.71. The molecule has 0 N–H and O–H groups in total. The molecule has 1 radical (unpaired) electrons. The summed E-state index contributed by atoms with van der Waals surface area (Å²) in [4.78, 5) is 0. The first-order chi connectivity index (χ1) is 6.18. The molecule has 0 nitrogen and oxygen atoms in total. The molecule has 1 aliphatic rings. The number of hydrogen-bond donors (Lipinski definition) is 0. The average molecular weight is 177 g/mol. The fourth-order valence-corrected chi connectivity index (χ4v) is 1.71. The van der Waals surface area contributed by atoms with Gasteiger partial charge >= 0.3 is 0 Å². The molecule has 0 heterocycles. The lowest BCUT2D eigenvalue weighted by Crippen LogP contribution is -1.96. The highest BCUT2D eigenvalue weighted by Crippen LogP contribution is 2.43. The van der Waals surface area contributed by atoms with Crippen molar-refractivity contribution in [3.05, 3.63) is 41.1 Å². The molecule has 0 saturated heterocycles. The van der Waals surface area contributed by atoms with E-state index in [1.165, 1.54) is 24.3 Å². The van der Waals surface area contributed by atoms with Crippen LogP contribution in [-0.4, -0.2) is 0 Å². The lowest BCUT2D eigenvalue weighted by molar-refractivity contribution is 0.625. The lowest BCUT2D eigenvalue weighted by Gasteiger charge is -2.11. The summed E-state index contributed by atoms with van der Waals surface area (Å²) in [6.07, 6.45) is 2.54. The summed E-state index contributed by atoms with van der Waals surface area (Å²) in [7, 11) is 0.